The summed E-state index contributed by atoms with van der Waals surface area (Å²) in [6, 6.07) is 4.06. The fourth-order valence-electron chi connectivity index (χ4n) is 1.70. The van der Waals surface area contributed by atoms with Gasteiger partial charge in [-0.05, 0) is 18.2 Å². The number of aromatic nitrogens is 3. The number of ether oxygens (including phenoxy) is 2. The number of hydrogen-bond acceptors (Lipinski definition) is 5. The van der Waals surface area contributed by atoms with E-state index in [0.717, 1.165) is 0 Å². The summed E-state index contributed by atoms with van der Waals surface area (Å²) in [5.41, 5.74) is 5.61. The first kappa shape index (κ1) is 15.6. The van der Waals surface area contributed by atoms with Crippen molar-refractivity contribution in [2.24, 2.45) is 5.73 Å². The van der Waals surface area contributed by atoms with E-state index in [1.165, 1.54) is 25.3 Å². The summed E-state index contributed by atoms with van der Waals surface area (Å²) in [6.07, 6.45) is -4.46. The van der Waals surface area contributed by atoms with Gasteiger partial charge in [-0.3, -0.25) is 4.79 Å². The number of nitrogens with one attached hydrogen (secondary N) is 1. The lowest BCUT2D eigenvalue weighted by Gasteiger charge is -2.13. The van der Waals surface area contributed by atoms with Crippen molar-refractivity contribution in [2.75, 3.05) is 13.7 Å². The van der Waals surface area contributed by atoms with E-state index in [4.69, 9.17) is 10.5 Å². The number of H-pyrrole nitrogens is 1. The van der Waals surface area contributed by atoms with Crippen LogP contribution in [0, 0.1) is 0 Å². The first-order valence-corrected chi connectivity index (χ1v) is 5.90. The zero-order valence-corrected chi connectivity index (χ0v) is 11.3. The van der Waals surface area contributed by atoms with Crippen molar-refractivity contribution in [2.45, 2.75) is 6.18 Å². The van der Waals surface area contributed by atoms with Crippen LogP contribution in [0.1, 0.15) is 10.5 Å². The number of amides is 1. The summed E-state index contributed by atoms with van der Waals surface area (Å²) in [4.78, 5) is 11.2. The highest BCUT2D eigenvalue weighted by Gasteiger charge is 2.29. The van der Waals surface area contributed by atoms with Crippen molar-refractivity contribution in [1.82, 2.24) is 15.4 Å². The normalized spacial score (nSPS) is 11.3. The topological polar surface area (TPSA) is 103 Å². The van der Waals surface area contributed by atoms with E-state index in [2.05, 4.69) is 20.1 Å². The second-order valence-corrected chi connectivity index (χ2v) is 4.15. The van der Waals surface area contributed by atoms with Crippen LogP contribution in [0.5, 0.6) is 11.5 Å². The molecule has 10 heteroatoms. The molecule has 0 saturated carbocycles. The number of nitrogens with two attached hydrogens (primary N) is 1. The maximum Gasteiger partial charge on any atom is 0.422 e. The number of hydrogen-bond donors (Lipinski definition) is 2. The van der Waals surface area contributed by atoms with E-state index in [1.54, 1.807) is 0 Å². The third-order valence-electron chi connectivity index (χ3n) is 2.61. The van der Waals surface area contributed by atoms with Crippen LogP contribution in [-0.4, -0.2) is 41.2 Å². The Morgan fingerprint density at radius 1 is 1.32 bits per heavy atom. The van der Waals surface area contributed by atoms with E-state index in [-0.39, 0.29) is 22.9 Å². The van der Waals surface area contributed by atoms with Gasteiger partial charge in [-0.1, -0.05) is 0 Å². The lowest BCUT2D eigenvalue weighted by Crippen LogP contribution is -2.19. The molecular weight excluding hydrogens is 305 g/mol. The molecule has 0 aliphatic carbocycles. The Morgan fingerprint density at radius 2 is 2.05 bits per heavy atom. The molecule has 0 spiro atoms. The zero-order valence-electron chi connectivity index (χ0n) is 11.3. The van der Waals surface area contributed by atoms with Gasteiger partial charge in [0.2, 0.25) is 0 Å². The first-order valence-electron chi connectivity index (χ1n) is 5.90. The molecule has 0 fully saturated rings. The SMILES string of the molecule is COc1cc(-c2n[nH]nc2C(N)=O)ccc1OCC(F)(F)F. The smallest absolute Gasteiger partial charge is 0.422 e. The zero-order chi connectivity index (χ0) is 16.3. The predicted molar refractivity (Wildman–Crippen MR) is 68.4 cm³/mol. The Labute approximate surface area is 122 Å². The van der Waals surface area contributed by atoms with Gasteiger partial charge in [0.15, 0.2) is 23.8 Å². The van der Waals surface area contributed by atoms with Gasteiger partial charge in [0, 0.05) is 5.56 Å². The summed E-state index contributed by atoms with van der Waals surface area (Å²) in [5, 5.41) is 9.65. The number of benzene rings is 1. The van der Waals surface area contributed by atoms with Crippen LogP contribution in [0.3, 0.4) is 0 Å². The number of halogens is 3. The summed E-state index contributed by atoms with van der Waals surface area (Å²) >= 11 is 0. The Hall–Kier alpha value is -2.78. The molecule has 1 heterocycles. The van der Waals surface area contributed by atoms with Crippen molar-refractivity contribution in [1.29, 1.82) is 0 Å². The number of rotatable bonds is 5. The quantitative estimate of drug-likeness (QED) is 0.870. The van der Waals surface area contributed by atoms with Crippen LogP contribution < -0.4 is 15.2 Å². The highest BCUT2D eigenvalue weighted by Crippen LogP contribution is 2.33. The number of aromatic amines is 1. The number of nitrogens with zero attached hydrogens (tertiary/aromatic N) is 2. The maximum atomic E-state index is 12.2. The molecule has 0 saturated heterocycles. The van der Waals surface area contributed by atoms with E-state index < -0.39 is 18.7 Å². The Kier molecular flexibility index (Phi) is 4.20. The minimum Gasteiger partial charge on any atom is -0.493 e. The molecule has 0 bridgehead atoms. The molecule has 0 atom stereocenters. The van der Waals surface area contributed by atoms with Crippen LogP contribution in [0.25, 0.3) is 11.3 Å². The van der Waals surface area contributed by atoms with Crippen molar-refractivity contribution in [3.63, 3.8) is 0 Å². The molecule has 0 unspecified atom stereocenters. The molecule has 118 valence electrons. The second-order valence-electron chi connectivity index (χ2n) is 4.15. The number of carbonyl (C=O) groups is 1. The summed E-state index contributed by atoms with van der Waals surface area (Å²) < 4.78 is 46.2. The Balaban J connectivity index is 2.33. The minimum absolute atomic E-state index is 0.0557. The van der Waals surface area contributed by atoms with Gasteiger partial charge in [0.1, 0.15) is 5.69 Å². The fraction of sp³-hybridized carbons (Fsp3) is 0.250. The van der Waals surface area contributed by atoms with Crippen LogP contribution in [0.2, 0.25) is 0 Å². The standard InChI is InChI=1S/C12H11F3N4O3/c1-21-8-4-6(9-10(11(16)20)18-19-17-9)2-3-7(8)22-5-12(13,14)15/h2-4H,5H2,1H3,(H2,16,20)(H,17,18,19). The molecule has 0 radical (unpaired) electrons. The van der Waals surface area contributed by atoms with Gasteiger partial charge in [0.05, 0.1) is 7.11 Å². The largest absolute Gasteiger partial charge is 0.493 e. The van der Waals surface area contributed by atoms with Gasteiger partial charge in [-0.25, -0.2) is 0 Å². The lowest BCUT2D eigenvalue weighted by atomic mass is 10.1. The van der Waals surface area contributed by atoms with Crippen molar-refractivity contribution >= 4 is 5.91 Å². The van der Waals surface area contributed by atoms with E-state index >= 15 is 0 Å². The van der Waals surface area contributed by atoms with E-state index in [1.807, 2.05) is 0 Å². The van der Waals surface area contributed by atoms with E-state index in [0.29, 0.717) is 5.56 Å². The average Bonchev–Trinajstić information content (AvgIpc) is 2.93. The number of methoxy groups -OCH3 is 1. The van der Waals surface area contributed by atoms with Gasteiger partial charge < -0.3 is 15.2 Å². The van der Waals surface area contributed by atoms with Crippen LogP contribution in [0.15, 0.2) is 18.2 Å². The van der Waals surface area contributed by atoms with Crippen LogP contribution in [-0.2, 0) is 0 Å². The van der Waals surface area contributed by atoms with Gasteiger partial charge >= 0.3 is 6.18 Å². The fourth-order valence-corrected chi connectivity index (χ4v) is 1.70. The molecule has 22 heavy (non-hydrogen) atoms. The summed E-state index contributed by atoms with van der Waals surface area (Å²) in [7, 11) is 1.28. The number of primary amides is 1. The minimum atomic E-state index is -4.46. The lowest BCUT2D eigenvalue weighted by molar-refractivity contribution is -0.153. The molecule has 2 aromatic rings. The third-order valence-corrected chi connectivity index (χ3v) is 2.61. The van der Waals surface area contributed by atoms with Crippen LogP contribution in [0.4, 0.5) is 13.2 Å². The second kappa shape index (κ2) is 5.92. The number of carbonyl (C=O) groups excluding carboxylic acids is 1. The molecule has 7 nitrogen and oxygen atoms in total. The van der Waals surface area contributed by atoms with E-state index in [9.17, 15) is 18.0 Å². The summed E-state index contributed by atoms with van der Waals surface area (Å²) in [5.74, 6) is -0.826. The van der Waals surface area contributed by atoms with Gasteiger partial charge in [-0.15, -0.1) is 0 Å². The third kappa shape index (κ3) is 3.45. The summed E-state index contributed by atoms with van der Waals surface area (Å²) in [6.45, 7) is -1.45. The van der Waals surface area contributed by atoms with Crippen LogP contribution >= 0.6 is 0 Å². The monoisotopic (exact) mass is 316 g/mol. The molecule has 2 rings (SSSR count). The Morgan fingerprint density at radius 3 is 2.64 bits per heavy atom. The number of alkyl halides is 3. The first-order chi connectivity index (χ1) is 10.3. The van der Waals surface area contributed by atoms with Gasteiger partial charge in [0.25, 0.3) is 5.91 Å². The molecule has 0 aliphatic rings. The van der Waals surface area contributed by atoms with Crippen molar-refractivity contribution in [3.05, 3.63) is 23.9 Å². The predicted octanol–water partition coefficient (Wildman–Crippen LogP) is 1.52. The molecular formula is C12H11F3N4O3. The van der Waals surface area contributed by atoms with Crippen molar-refractivity contribution in [3.8, 4) is 22.8 Å². The van der Waals surface area contributed by atoms with Gasteiger partial charge in [-0.2, -0.15) is 28.6 Å². The molecule has 1 aromatic heterocycles. The Bertz CT molecular complexity index is 684. The highest BCUT2D eigenvalue weighted by atomic mass is 19.4. The maximum absolute atomic E-state index is 12.2. The highest BCUT2D eigenvalue weighted by molar-refractivity contribution is 5.96. The molecule has 1 amide bonds. The molecule has 1 aromatic carbocycles. The molecule has 3 N–H and O–H groups in total. The average molecular weight is 316 g/mol. The molecule has 0 aliphatic heterocycles. The van der Waals surface area contributed by atoms with Crippen molar-refractivity contribution < 1.29 is 27.4 Å².